The highest BCUT2D eigenvalue weighted by Crippen LogP contribution is 2.25. The number of nitrogens with zero attached hydrogens (tertiary/aromatic N) is 3. The molecule has 0 fully saturated rings. The quantitative estimate of drug-likeness (QED) is 0.570. The van der Waals surface area contributed by atoms with Gasteiger partial charge in [-0.3, -0.25) is 4.99 Å². The molecule has 1 atom stereocenters. The fourth-order valence-corrected chi connectivity index (χ4v) is 4.19. The molecule has 0 spiro atoms. The lowest BCUT2D eigenvalue weighted by Crippen LogP contribution is -2.15. The van der Waals surface area contributed by atoms with Crippen LogP contribution in [0.2, 0.25) is 0 Å². The van der Waals surface area contributed by atoms with Crippen molar-refractivity contribution in [2.24, 2.45) is 16.0 Å². The van der Waals surface area contributed by atoms with E-state index in [4.69, 9.17) is 10.1 Å². The van der Waals surface area contributed by atoms with E-state index in [1.807, 2.05) is 4.68 Å². The first kappa shape index (κ1) is 15.4. The first-order chi connectivity index (χ1) is 10.7. The fraction of sp³-hybridized carbons (Fsp3) is 0.412. The van der Waals surface area contributed by atoms with Crippen LogP contribution in [0.4, 0.5) is 0 Å². The molecule has 3 nitrogen and oxygen atoms in total. The van der Waals surface area contributed by atoms with Gasteiger partial charge in [-0.2, -0.15) is 5.10 Å². The predicted molar refractivity (Wildman–Crippen MR) is 96.7 cm³/mol. The van der Waals surface area contributed by atoms with Crippen molar-refractivity contribution in [1.29, 1.82) is 0 Å². The van der Waals surface area contributed by atoms with Crippen LogP contribution in [0.1, 0.15) is 33.1 Å². The van der Waals surface area contributed by atoms with Gasteiger partial charge in [0, 0.05) is 17.6 Å². The van der Waals surface area contributed by atoms with Crippen molar-refractivity contribution in [3.05, 3.63) is 39.8 Å². The maximum absolute atomic E-state index is 4.78. The molecule has 1 unspecified atom stereocenters. The normalized spacial score (nSPS) is 19.6. The van der Waals surface area contributed by atoms with Gasteiger partial charge in [0.15, 0.2) is 0 Å². The minimum atomic E-state index is 0.272. The average molecular weight is 332 g/mol. The summed E-state index contributed by atoms with van der Waals surface area (Å²) in [6, 6.07) is 4.49. The van der Waals surface area contributed by atoms with Crippen molar-refractivity contribution in [3.8, 4) is 10.6 Å². The predicted octanol–water partition coefficient (Wildman–Crippen LogP) is 4.78. The first-order valence-corrected chi connectivity index (χ1v) is 9.47. The molecule has 1 aliphatic rings. The molecule has 0 saturated heterocycles. The third-order valence-corrected chi connectivity index (χ3v) is 5.25. The highest BCUT2D eigenvalue weighted by atomic mass is 32.1. The van der Waals surface area contributed by atoms with Gasteiger partial charge in [-0.1, -0.05) is 18.2 Å². The van der Waals surface area contributed by atoms with Gasteiger partial charge in [0.05, 0.1) is 10.6 Å². The first-order valence-electron chi connectivity index (χ1n) is 7.72. The molecule has 0 N–H and O–H groups in total. The third-order valence-electron chi connectivity index (χ3n) is 3.53. The molecule has 22 heavy (non-hydrogen) atoms. The Morgan fingerprint density at radius 1 is 1.32 bits per heavy atom. The number of thiazole rings is 1. The molecule has 2 aromatic rings. The van der Waals surface area contributed by atoms with E-state index in [1.165, 1.54) is 11.3 Å². The number of rotatable bonds is 4. The zero-order valence-corrected chi connectivity index (χ0v) is 14.6. The van der Waals surface area contributed by atoms with Gasteiger partial charge < -0.3 is 0 Å². The molecule has 0 aromatic carbocycles. The second-order valence-electron chi connectivity index (χ2n) is 5.72. The van der Waals surface area contributed by atoms with Crippen molar-refractivity contribution >= 4 is 28.9 Å². The Labute approximate surface area is 139 Å². The molecule has 0 saturated carbocycles. The molecule has 116 valence electrons. The minimum Gasteiger partial charge on any atom is -0.255 e. The Morgan fingerprint density at radius 2 is 2.23 bits per heavy atom. The van der Waals surface area contributed by atoms with Gasteiger partial charge in [-0.25, -0.2) is 4.68 Å². The number of hydrogen-bond acceptors (Lipinski definition) is 4. The summed E-state index contributed by atoms with van der Waals surface area (Å²) in [5, 5.41) is 9.04. The molecule has 0 aliphatic heterocycles. The Balaban J connectivity index is 1.97. The number of thiophene rings is 1. The highest BCUT2D eigenvalue weighted by molar-refractivity contribution is 7.14. The molecular weight excluding hydrogens is 310 g/mol. The summed E-state index contributed by atoms with van der Waals surface area (Å²) in [5.74, 6) is 0.542. The summed E-state index contributed by atoms with van der Waals surface area (Å²) in [7, 11) is 0. The lowest BCUT2D eigenvalue weighted by atomic mass is 9.96. The van der Waals surface area contributed by atoms with Gasteiger partial charge in [0.1, 0.15) is 0 Å². The number of aromatic nitrogens is 1. The average Bonchev–Trinajstić information content (AvgIpc) is 3.15. The van der Waals surface area contributed by atoms with E-state index in [1.54, 1.807) is 22.7 Å². The van der Waals surface area contributed by atoms with Crippen LogP contribution in [0.25, 0.3) is 10.6 Å². The van der Waals surface area contributed by atoms with Crippen LogP contribution >= 0.6 is 22.7 Å². The lowest BCUT2D eigenvalue weighted by Gasteiger charge is -2.12. The Hall–Kier alpha value is -1.46. The zero-order chi connectivity index (χ0) is 15.4. The van der Waals surface area contributed by atoms with Crippen LogP contribution in [-0.2, 0) is 0 Å². The molecule has 2 heterocycles. The van der Waals surface area contributed by atoms with Gasteiger partial charge >= 0.3 is 0 Å². The molecule has 5 heteroatoms. The van der Waals surface area contributed by atoms with E-state index >= 15 is 0 Å². The summed E-state index contributed by atoms with van der Waals surface area (Å²) in [5.41, 5.74) is 1.14. The largest absolute Gasteiger partial charge is 0.255 e. The van der Waals surface area contributed by atoms with E-state index in [2.05, 4.69) is 55.1 Å². The lowest BCUT2D eigenvalue weighted by molar-refractivity contribution is 0.621. The fourth-order valence-electron chi connectivity index (χ4n) is 2.43. The second kappa shape index (κ2) is 7.20. The maximum Gasteiger partial charge on any atom is 0.206 e. The summed E-state index contributed by atoms with van der Waals surface area (Å²) >= 11 is 3.41. The zero-order valence-electron chi connectivity index (χ0n) is 13.0. The van der Waals surface area contributed by atoms with Crippen molar-refractivity contribution < 1.29 is 0 Å². The SMILES string of the molecule is CC(C)N=c1scc(-c2cccs2)n1N=CC1CC=CCC1. The van der Waals surface area contributed by atoms with Gasteiger partial charge in [0.2, 0.25) is 4.80 Å². The van der Waals surface area contributed by atoms with Crippen molar-refractivity contribution in [3.63, 3.8) is 0 Å². The van der Waals surface area contributed by atoms with Gasteiger partial charge in [-0.15, -0.1) is 22.7 Å². The van der Waals surface area contributed by atoms with E-state index < -0.39 is 0 Å². The summed E-state index contributed by atoms with van der Waals surface area (Å²) in [6.07, 6.45) is 10.1. The Morgan fingerprint density at radius 3 is 2.91 bits per heavy atom. The van der Waals surface area contributed by atoms with Crippen LogP contribution in [0, 0.1) is 5.92 Å². The Bertz CT molecular complexity index is 717. The van der Waals surface area contributed by atoms with E-state index in [0.29, 0.717) is 5.92 Å². The molecule has 2 aromatic heterocycles. The number of hydrogen-bond donors (Lipinski definition) is 0. The van der Waals surface area contributed by atoms with Crippen LogP contribution < -0.4 is 4.80 Å². The van der Waals surface area contributed by atoms with Crippen LogP contribution in [0.5, 0.6) is 0 Å². The van der Waals surface area contributed by atoms with Crippen molar-refractivity contribution in [1.82, 2.24) is 4.68 Å². The van der Waals surface area contributed by atoms with Crippen LogP contribution in [-0.4, -0.2) is 16.9 Å². The standard InChI is InChI=1S/C17H21N3S2/c1-13(2)19-17-20(18-11-14-7-4-3-5-8-14)15(12-22-17)16-9-6-10-21-16/h3-4,6,9-14H,5,7-8H2,1-2H3. The van der Waals surface area contributed by atoms with Gasteiger partial charge in [-0.05, 0) is 50.5 Å². The smallest absolute Gasteiger partial charge is 0.206 e. The van der Waals surface area contributed by atoms with E-state index in [0.717, 1.165) is 23.3 Å². The van der Waals surface area contributed by atoms with Crippen LogP contribution in [0.15, 0.2) is 45.1 Å². The summed E-state index contributed by atoms with van der Waals surface area (Å²) in [4.78, 5) is 6.92. The van der Waals surface area contributed by atoms with Crippen molar-refractivity contribution in [2.75, 3.05) is 0 Å². The molecule has 0 amide bonds. The second-order valence-corrected chi connectivity index (χ2v) is 7.51. The maximum atomic E-state index is 4.78. The van der Waals surface area contributed by atoms with Crippen LogP contribution in [0.3, 0.4) is 0 Å². The minimum absolute atomic E-state index is 0.272. The topological polar surface area (TPSA) is 29.6 Å². The highest BCUT2D eigenvalue weighted by Gasteiger charge is 2.10. The number of allylic oxidation sites excluding steroid dienone is 2. The molecule has 1 aliphatic carbocycles. The van der Waals surface area contributed by atoms with Gasteiger partial charge in [0.25, 0.3) is 0 Å². The Kier molecular flexibility index (Phi) is 5.05. The third kappa shape index (κ3) is 3.65. The van der Waals surface area contributed by atoms with E-state index in [9.17, 15) is 0 Å². The molecule has 3 rings (SSSR count). The monoisotopic (exact) mass is 331 g/mol. The molecular formula is C17H21N3S2. The summed E-state index contributed by atoms with van der Waals surface area (Å²) < 4.78 is 2.01. The summed E-state index contributed by atoms with van der Waals surface area (Å²) in [6.45, 7) is 4.20. The molecule has 0 radical (unpaired) electrons. The molecule has 0 bridgehead atoms. The van der Waals surface area contributed by atoms with Crippen molar-refractivity contribution in [2.45, 2.75) is 39.2 Å². The van der Waals surface area contributed by atoms with E-state index in [-0.39, 0.29) is 6.04 Å².